The van der Waals surface area contributed by atoms with Gasteiger partial charge in [-0.15, -0.1) is 0 Å². The summed E-state index contributed by atoms with van der Waals surface area (Å²) in [7, 11) is 0. The van der Waals surface area contributed by atoms with E-state index in [1.54, 1.807) is 35.4 Å². The Labute approximate surface area is 128 Å². The summed E-state index contributed by atoms with van der Waals surface area (Å²) in [5.74, 6) is -0.107. The monoisotopic (exact) mass is 301 g/mol. The zero-order chi connectivity index (χ0) is 15.9. The normalized spacial score (nSPS) is 10.1. The van der Waals surface area contributed by atoms with Gasteiger partial charge in [0.1, 0.15) is 0 Å². The second-order valence-corrected chi connectivity index (χ2v) is 4.59. The largest absolute Gasteiger partial charge is 0.339 e. The number of carbonyl (C=O) groups excluding carboxylic acids is 2. The maximum atomic E-state index is 12.5. The predicted octanol–water partition coefficient (Wildman–Crippen LogP) is 2.54. The van der Waals surface area contributed by atoms with E-state index in [1.807, 2.05) is 13.8 Å². The lowest BCUT2D eigenvalue weighted by Gasteiger charge is -2.20. The van der Waals surface area contributed by atoms with Gasteiger partial charge in [-0.05, 0) is 26.0 Å². The zero-order valence-corrected chi connectivity index (χ0v) is 12.6. The van der Waals surface area contributed by atoms with Crippen molar-refractivity contribution in [3.63, 3.8) is 0 Å². The van der Waals surface area contributed by atoms with Gasteiger partial charge in [0.25, 0.3) is 5.91 Å². The summed E-state index contributed by atoms with van der Waals surface area (Å²) in [6.07, 6.45) is 3.05. The van der Waals surface area contributed by atoms with E-state index in [0.29, 0.717) is 30.0 Å². The molecular weight excluding hydrogens is 282 g/mol. The van der Waals surface area contributed by atoms with E-state index < -0.39 is 6.03 Å². The number of H-pyrrole nitrogens is 1. The Hall–Kier alpha value is -2.83. The highest BCUT2D eigenvalue weighted by molar-refractivity contribution is 6.06. The molecule has 0 saturated heterocycles. The van der Waals surface area contributed by atoms with E-state index in [9.17, 15) is 9.59 Å². The van der Waals surface area contributed by atoms with Gasteiger partial charge < -0.3 is 15.5 Å². The first-order valence-corrected chi connectivity index (χ1v) is 7.10. The highest BCUT2D eigenvalue weighted by Gasteiger charge is 2.17. The third kappa shape index (κ3) is 3.63. The molecule has 0 fully saturated rings. The van der Waals surface area contributed by atoms with Gasteiger partial charge in [-0.1, -0.05) is 12.1 Å². The Morgan fingerprint density at radius 2 is 1.91 bits per heavy atom. The Kier molecular flexibility index (Phi) is 5.13. The standard InChI is InChI=1S/C15H19N5O2/c1-3-20(4-2)14(21)12-7-5-6-8-13(12)19-15(22)18-11-9-16-17-10-11/h5-10H,3-4H2,1-2H3,(H,16,17)(H2,18,19,22). The van der Waals surface area contributed by atoms with Gasteiger partial charge >= 0.3 is 6.03 Å². The molecule has 0 aliphatic heterocycles. The van der Waals surface area contributed by atoms with E-state index in [1.165, 1.54) is 6.20 Å². The number of hydrogen-bond acceptors (Lipinski definition) is 3. The van der Waals surface area contributed by atoms with Crippen LogP contribution >= 0.6 is 0 Å². The molecule has 1 aromatic heterocycles. The van der Waals surface area contributed by atoms with Crippen LogP contribution in [0.25, 0.3) is 0 Å². The van der Waals surface area contributed by atoms with Crippen molar-refractivity contribution >= 4 is 23.3 Å². The number of benzene rings is 1. The summed E-state index contributed by atoms with van der Waals surface area (Å²) in [4.78, 5) is 26.1. The lowest BCUT2D eigenvalue weighted by atomic mass is 10.1. The van der Waals surface area contributed by atoms with Crippen LogP contribution in [0.2, 0.25) is 0 Å². The molecule has 0 atom stereocenters. The minimum atomic E-state index is -0.429. The number of amides is 3. The maximum Gasteiger partial charge on any atom is 0.323 e. The fraction of sp³-hybridized carbons (Fsp3) is 0.267. The average Bonchev–Trinajstić information content (AvgIpc) is 3.01. The minimum Gasteiger partial charge on any atom is -0.339 e. The quantitative estimate of drug-likeness (QED) is 0.792. The Bertz CT molecular complexity index is 635. The van der Waals surface area contributed by atoms with Gasteiger partial charge in [-0.25, -0.2) is 4.79 Å². The summed E-state index contributed by atoms with van der Waals surface area (Å²) in [5, 5.41) is 11.7. The summed E-state index contributed by atoms with van der Waals surface area (Å²) in [5.41, 5.74) is 1.49. The van der Waals surface area contributed by atoms with E-state index >= 15 is 0 Å². The number of urea groups is 1. The first-order valence-electron chi connectivity index (χ1n) is 7.10. The Morgan fingerprint density at radius 3 is 2.55 bits per heavy atom. The zero-order valence-electron chi connectivity index (χ0n) is 12.6. The molecule has 0 spiro atoms. The number of aromatic nitrogens is 2. The van der Waals surface area contributed by atoms with Crippen LogP contribution in [0.1, 0.15) is 24.2 Å². The van der Waals surface area contributed by atoms with E-state index in [-0.39, 0.29) is 5.91 Å². The van der Waals surface area contributed by atoms with Crippen molar-refractivity contribution in [2.75, 3.05) is 23.7 Å². The smallest absolute Gasteiger partial charge is 0.323 e. The number of nitrogens with zero attached hydrogens (tertiary/aromatic N) is 2. The van der Waals surface area contributed by atoms with Gasteiger partial charge in [0.15, 0.2) is 0 Å². The van der Waals surface area contributed by atoms with Crippen LogP contribution in [0, 0.1) is 0 Å². The number of hydrogen-bond donors (Lipinski definition) is 3. The minimum absolute atomic E-state index is 0.107. The van der Waals surface area contributed by atoms with Crippen molar-refractivity contribution < 1.29 is 9.59 Å². The highest BCUT2D eigenvalue weighted by Crippen LogP contribution is 2.17. The molecule has 0 unspecified atom stereocenters. The van der Waals surface area contributed by atoms with E-state index in [0.717, 1.165) is 0 Å². The number of carbonyl (C=O) groups is 2. The summed E-state index contributed by atoms with van der Waals surface area (Å²) < 4.78 is 0. The summed E-state index contributed by atoms with van der Waals surface area (Å²) in [6.45, 7) is 5.07. The third-order valence-electron chi connectivity index (χ3n) is 3.21. The van der Waals surface area contributed by atoms with Gasteiger partial charge in [0.2, 0.25) is 0 Å². The lowest BCUT2D eigenvalue weighted by Crippen LogP contribution is -2.31. The molecule has 2 rings (SSSR count). The number of rotatable bonds is 5. The van der Waals surface area contributed by atoms with Crippen LogP contribution < -0.4 is 10.6 Å². The first-order chi connectivity index (χ1) is 10.7. The second-order valence-electron chi connectivity index (χ2n) is 4.59. The van der Waals surface area contributed by atoms with Crippen molar-refractivity contribution in [3.8, 4) is 0 Å². The second kappa shape index (κ2) is 7.26. The molecule has 7 nitrogen and oxygen atoms in total. The van der Waals surface area contributed by atoms with Crippen LogP contribution in [0.3, 0.4) is 0 Å². The third-order valence-corrected chi connectivity index (χ3v) is 3.21. The molecule has 0 saturated carbocycles. The molecule has 0 aliphatic carbocycles. The van der Waals surface area contributed by atoms with Crippen molar-refractivity contribution in [2.45, 2.75) is 13.8 Å². The fourth-order valence-electron chi connectivity index (χ4n) is 2.06. The number of nitrogens with one attached hydrogen (secondary N) is 3. The number of aromatic amines is 1. The molecule has 22 heavy (non-hydrogen) atoms. The number of para-hydroxylation sites is 1. The molecule has 7 heteroatoms. The van der Waals surface area contributed by atoms with Crippen LogP contribution in [-0.4, -0.2) is 40.1 Å². The molecule has 0 aliphatic rings. The highest BCUT2D eigenvalue weighted by atomic mass is 16.2. The van der Waals surface area contributed by atoms with Crippen LogP contribution in [0.4, 0.5) is 16.2 Å². The van der Waals surface area contributed by atoms with Crippen molar-refractivity contribution in [3.05, 3.63) is 42.2 Å². The number of anilines is 2. The molecule has 2 aromatic rings. The first kappa shape index (κ1) is 15.6. The van der Waals surface area contributed by atoms with Gasteiger partial charge in [-0.2, -0.15) is 5.10 Å². The van der Waals surface area contributed by atoms with Crippen molar-refractivity contribution in [2.24, 2.45) is 0 Å². The van der Waals surface area contributed by atoms with Crippen LogP contribution in [0.15, 0.2) is 36.7 Å². The Morgan fingerprint density at radius 1 is 1.18 bits per heavy atom. The lowest BCUT2D eigenvalue weighted by molar-refractivity contribution is 0.0774. The van der Waals surface area contributed by atoms with Gasteiger partial charge in [-0.3, -0.25) is 9.89 Å². The van der Waals surface area contributed by atoms with Crippen LogP contribution in [0.5, 0.6) is 0 Å². The molecule has 3 amide bonds. The molecule has 0 bridgehead atoms. The van der Waals surface area contributed by atoms with Crippen LogP contribution in [-0.2, 0) is 0 Å². The van der Waals surface area contributed by atoms with Crippen molar-refractivity contribution in [1.29, 1.82) is 0 Å². The average molecular weight is 301 g/mol. The van der Waals surface area contributed by atoms with Gasteiger partial charge in [0, 0.05) is 19.3 Å². The summed E-state index contributed by atoms with van der Waals surface area (Å²) >= 11 is 0. The van der Waals surface area contributed by atoms with E-state index in [4.69, 9.17) is 0 Å². The molecule has 116 valence electrons. The topological polar surface area (TPSA) is 90.1 Å². The molecule has 1 aromatic carbocycles. The van der Waals surface area contributed by atoms with E-state index in [2.05, 4.69) is 20.8 Å². The molecule has 1 heterocycles. The SMILES string of the molecule is CCN(CC)C(=O)c1ccccc1NC(=O)Nc1cn[nH]c1. The van der Waals surface area contributed by atoms with Crippen molar-refractivity contribution in [1.82, 2.24) is 15.1 Å². The molecule has 0 radical (unpaired) electrons. The fourth-order valence-corrected chi connectivity index (χ4v) is 2.06. The Balaban J connectivity index is 2.14. The maximum absolute atomic E-state index is 12.5. The molecule has 3 N–H and O–H groups in total. The molecular formula is C15H19N5O2. The van der Waals surface area contributed by atoms with Gasteiger partial charge in [0.05, 0.1) is 23.1 Å². The summed E-state index contributed by atoms with van der Waals surface area (Å²) in [6, 6.07) is 6.52. The predicted molar refractivity (Wildman–Crippen MR) is 84.9 cm³/mol.